The van der Waals surface area contributed by atoms with Crippen LogP contribution in [0.25, 0.3) is 0 Å². The molecule has 4 aliphatic rings. The Hall–Kier alpha value is -4.48. The van der Waals surface area contributed by atoms with Crippen LogP contribution in [0.5, 0.6) is 0 Å². The van der Waals surface area contributed by atoms with Gasteiger partial charge in [0, 0.05) is 10.0 Å². The van der Waals surface area contributed by atoms with Crippen LogP contribution in [0.3, 0.4) is 0 Å². The second kappa shape index (κ2) is 10.5. The number of halogens is 4. The zero-order valence-electron chi connectivity index (χ0n) is 23.6. The quantitative estimate of drug-likeness (QED) is 0.261. The summed E-state index contributed by atoms with van der Waals surface area (Å²) in [5, 5.41) is 4.32. The number of imide groups is 2. The summed E-state index contributed by atoms with van der Waals surface area (Å²) >= 11 is 12.5. The average Bonchev–Trinajstić information content (AvgIpc) is 3.71. The van der Waals surface area contributed by atoms with Crippen molar-refractivity contribution in [3.63, 3.8) is 0 Å². The van der Waals surface area contributed by atoms with Crippen molar-refractivity contribution in [1.82, 2.24) is 10.0 Å². The maximum atomic E-state index is 14.4. The number of fused-ring (bicyclic) bond motifs is 5. The number of carbonyl (C=O) groups is 4. The Kier molecular flexibility index (Phi) is 6.63. The second-order valence-electron chi connectivity index (χ2n) is 11.7. The second-order valence-corrected chi connectivity index (χ2v) is 12.5. The van der Waals surface area contributed by atoms with E-state index in [1.54, 1.807) is 58.5 Å². The molecule has 4 heterocycles. The van der Waals surface area contributed by atoms with E-state index in [0.29, 0.717) is 21.2 Å². The number of carbonyl (C=O) groups excluding carboxylic acids is 4. The third kappa shape index (κ3) is 4.10. The molecule has 4 fully saturated rings. The van der Waals surface area contributed by atoms with Gasteiger partial charge in [0.2, 0.25) is 11.8 Å². The van der Waals surface area contributed by atoms with Gasteiger partial charge >= 0.3 is 0 Å². The minimum absolute atomic E-state index is 0.212. The van der Waals surface area contributed by atoms with Gasteiger partial charge in [-0.3, -0.25) is 19.2 Å². The van der Waals surface area contributed by atoms with Gasteiger partial charge in [-0.25, -0.2) is 28.6 Å². The number of nitrogens with zero attached hydrogens (tertiary/aromatic N) is 4. The highest BCUT2D eigenvalue weighted by Gasteiger charge is 2.73. The molecular weight excluding hydrogens is 637 g/mol. The molecule has 0 N–H and O–H groups in total. The van der Waals surface area contributed by atoms with E-state index in [9.17, 15) is 28.0 Å². The topological polar surface area (TPSA) is 81.2 Å². The molecule has 4 aliphatic heterocycles. The molecule has 8 nitrogen and oxygen atoms in total. The van der Waals surface area contributed by atoms with E-state index in [0.717, 1.165) is 9.80 Å². The van der Waals surface area contributed by atoms with Crippen LogP contribution in [0.15, 0.2) is 97.1 Å². The molecular formula is C34H22Cl2F2N4O4. The van der Waals surface area contributed by atoms with Crippen LogP contribution in [0, 0.1) is 23.5 Å². The summed E-state index contributed by atoms with van der Waals surface area (Å²) in [4.78, 5) is 59.5. The Morgan fingerprint density at radius 2 is 0.761 bits per heavy atom. The van der Waals surface area contributed by atoms with E-state index < -0.39 is 71.3 Å². The van der Waals surface area contributed by atoms with Crippen molar-refractivity contribution in [2.24, 2.45) is 11.8 Å². The first-order valence-electron chi connectivity index (χ1n) is 14.5. The first-order valence-corrected chi connectivity index (χ1v) is 15.3. The Morgan fingerprint density at radius 1 is 0.435 bits per heavy atom. The van der Waals surface area contributed by atoms with Crippen molar-refractivity contribution in [3.05, 3.63) is 130 Å². The predicted molar refractivity (Wildman–Crippen MR) is 164 cm³/mol. The molecule has 0 saturated carbocycles. The van der Waals surface area contributed by atoms with Crippen molar-refractivity contribution in [2.75, 3.05) is 9.80 Å². The summed E-state index contributed by atoms with van der Waals surface area (Å²) in [7, 11) is 0. The molecule has 46 heavy (non-hydrogen) atoms. The number of amides is 4. The van der Waals surface area contributed by atoms with E-state index in [1.165, 1.54) is 48.5 Å². The Balaban J connectivity index is 1.32. The number of anilines is 2. The summed E-state index contributed by atoms with van der Waals surface area (Å²) in [6.45, 7) is 0. The molecule has 8 rings (SSSR count). The smallest absolute Gasteiger partial charge is 0.253 e. The van der Waals surface area contributed by atoms with Gasteiger partial charge in [-0.15, -0.1) is 0 Å². The molecule has 4 saturated heterocycles. The number of hydrazine groups is 1. The molecule has 4 amide bonds. The van der Waals surface area contributed by atoms with Gasteiger partial charge < -0.3 is 0 Å². The fourth-order valence-electron chi connectivity index (χ4n) is 7.51. The highest BCUT2D eigenvalue weighted by Crippen LogP contribution is 2.59. The molecule has 6 atom stereocenters. The maximum Gasteiger partial charge on any atom is 0.253 e. The van der Waals surface area contributed by atoms with Crippen molar-refractivity contribution >= 4 is 58.2 Å². The van der Waals surface area contributed by atoms with E-state index in [-0.39, 0.29) is 11.4 Å². The molecule has 12 heteroatoms. The number of benzene rings is 4. The van der Waals surface area contributed by atoms with Gasteiger partial charge in [0.15, 0.2) is 0 Å². The Bertz CT molecular complexity index is 1780. The zero-order chi connectivity index (χ0) is 32.0. The molecule has 230 valence electrons. The first kappa shape index (κ1) is 29.0. The fourth-order valence-corrected chi connectivity index (χ4v) is 7.76. The Morgan fingerprint density at radius 3 is 1.09 bits per heavy atom. The number of rotatable bonds is 4. The highest BCUT2D eigenvalue weighted by molar-refractivity contribution is 6.31. The largest absolute Gasteiger partial charge is 0.274 e. The number of hydrogen-bond acceptors (Lipinski definition) is 6. The van der Waals surface area contributed by atoms with Crippen LogP contribution < -0.4 is 9.80 Å². The lowest BCUT2D eigenvalue weighted by molar-refractivity contribution is -0.136. The normalized spacial score (nSPS) is 27.5. The zero-order valence-corrected chi connectivity index (χ0v) is 25.1. The van der Waals surface area contributed by atoms with E-state index in [1.807, 2.05) is 0 Å². The van der Waals surface area contributed by atoms with Gasteiger partial charge in [-0.1, -0.05) is 47.5 Å². The molecule has 0 aliphatic carbocycles. The summed E-state index contributed by atoms with van der Waals surface area (Å²) in [6.07, 6.45) is 0. The molecule has 0 bridgehead atoms. The summed E-state index contributed by atoms with van der Waals surface area (Å²) in [5.41, 5.74) is 1.65. The molecule has 0 aromatic heterocycles. The third-order valence-electron chi connectivity index (χ3n) is 9.32. The van der Waals surface area contributed by atoms with Gasteiger partial charge in [0.1, 0.15) is 23.7 Å². The summed E-state index contributed by atoms with van der Waals surface area (Å²) in [5.74, 6) is -5.18. The van der Waals surface area contributed by atoms with E-state index in [2.05, 4.69) is 0 Å². The molecule has 4 aromatic rings. The van der Waals surface area contributed by atoms with Crippen molar-refractivity contribution < 1.29 is 28.0 Å². The Labute approximate surface area is 271 Å². The highest BCUT2D eigenvalue weighted by atomic mass is 35.5. The SMILES string of the molecule is O=C1C2C(C(=O)N1c1ccc(F)cc1)N1C(c3ccc(Cl)cc3)C3C(=O)N(c4ccc(F)cc4)C(=O)C3N1C2c1ccc(Cl)cc1. The van der Waals surface area contributed by atoms with Gasteiger partial charge in [0.25, 0.3) is 11.8 Å². The summed E-state index contributed by atoms with van der Waals surface area (Å²) in [6, 6.07) is 19.8. The minimum Gasteiger partial charge on any atom is -0.274 e. The summed E-state index contributed by atoms with van der Waals surface area (Å²) < 4.78 is 27.7. The molecule has 0 radical (unpaired) electrons. The van der Waals surface area contributed by atoms with Crippen LogP contribution >= 0.6 is 23.2 Å². The molecule has 0 spiro atoms. The maximum absolute atomic E-state index is 14.4. The lowest BCUT2D eigenvalue weighted by Crippen LogP contribution is -2.50. The van der Waals surface area contributed by atoms with Crippen LogP contribution in [-0.4, -0.2) is 45.7 Å². The lowest BCUT2D eigenvalue weighted by atomic mass is 9.84. The van der Waals surface area contributed by atoms with Gasteiger partial charge in [-0.05, 0) is 83.9 Å². The van der Waals surface area contributed by atoms with Gasteiger partial charge in [-0.2, -0.15) is 0 Å². The van der Waals surface area contributed by atoms with Crippen LogP contribution in [0.1, 0.15) is 23.2 Å². The average molecular weight is 659 g/mol. The monoisotopic (exact) mass is 658 g/mol. The van der Waals surface area contributed by atoms with Gasteiger partial charge in [0.05, 0.1) is 35.3 Å². The lowest BCUT2D eigenvalue weighted by Gasteiger charge is -2.35. The third-order valence-corrected chi connectivity index (χ3v) is 9.82. The van der Waals surface area contributed by atoms with E-state index >= 15 is 0 Å². The first-order chi connectivity index (χ1) is 22.2. The minimum atomic E-state index is -1.09. The predicted octanol–water partition coefficient (Wildman–Crippen LogP) is 5.72. The fraction of sp³-hybridized carbons (Fsp3) is 0.176. The van der Waals surface area contributed by atoms with Crippen molar-refractivity contribution in [3.8, 4) is 0 Å². The molecule has 6 unspecified atom stereocenters. The molecule has 4 aromatic carbocycles. The van der Waals surface area contributed by atoms with Crippen LogP contribution in [-0.2, 0) is 19.2 Å². The van der Waals surface area contributed by atoms with Crippen molar-refractivity contribution in [1.29, 1.82) is 0 Å². The number of hydrogen-bond donors (Lipinski definition) is 0. The standard InChI is InChI=1S/C34H22Cl2F2N4O4/c35-19-5-1-17(2-6-19)27-25-29(33(45)39(31(25)43)23-13-9-21(37)10-14-23)42-28(18-3-7-20(36)8-4-18)26-30(41(27)42)34(46)40(32(26)44)24-15-11-22(38)12-16-24/h1-16,25-30H. The van der Waals surface area contributed by atoms with Crippen LogP contribution in [0.2, 0.25) is 10.0 Å². The van der Waals surface area contributed by atoms with Crippen molar-refractivity contribution in [2.45, 2.75) is 24.2 Å². The van der Waals surface area contributed by atoms with Crippen LogP contribution in [0.4, 0.5) is 20.2 Å². The van der Waals surface area contributed by atoms with E-state index in [4.69, 9.17) is 23.2 Å².